The van der Waals surface area contributed by atoms with Gasteiger partial charge in [0.15, 0.2) is 5.82 Å². The largest absolute Gasteiger partial charge is 0.326 e. The summed E-state index contributed by atoms with van der Waals surface area (Å²) >= 11 is 0. The summed E-state index contributed by atoms with van der Waals surface area (Å²) in [5.74, 6) is 0.875. The van der Waals surface area contributed by atoms with Gasteiger partial charge in [0.2, 0.25) is 0 Å². The van der Waals surface area contributed by atoms with Crippen molar-refractivity contribution in [2.24, 2.45) is 12.8 Å². The van der Waals surface area contributed by atoms with Crippen molar-refractivity contribution >= 4 is 11.0 Å². The van der Waals surface area contributed by atoms with E-state index in [1.807, 2.05) is 37.4 Å². The lowest BCUT2D eigenvalue weighted by atomic mass is 10.2. The van der Waals surface area contributed by atoms with E-state index in [4.69, 9.17) is 5.73 Å². The second kappa shape index (κ2) is 4.23. The number of fused-ring (bicyclic) bond motifs is 1. The van der Waals surface area contributed by atoms with Gasteiger partial charge in [0, 0.05) is 19.8 Å². The van der Waals surface area contributed by atoms with Crippen molar-refractivity contribution in [2.45, 2.75) is 6.54 Å². The Bertz CT molecular complexity index is 686. The van der Waals surface area contributed by atoms with Crippen molar-refractivity contribution in [3.05, 3.63) is 48.2 Å². The lowest BCUT2D eigenvalue weighted by Crippen LogP contribution is -1.96. The zero-order valence-electron chi connectivity index (χ0n) is 10.2. The third kappa shape index (κ3) is 1.67. The van der Waals surface area contributed by atoms with E-state index in [-0.39, 0.29) is 0 Å². The van der Waals surface area contributed by atoms with E-state index >= 15 is 0 Å². The molecule has 0 fully saturated rings. The van der Waals surface area contributed by atoms with Crippen LogP contribution in [0, 0.1) is 0 Å². The average molecular weight is 238 g/mol. The van der Waals surface area contributed by atoms with Crippen molar-refractivity contribution in [1.29, 1.82) is 0 Å². The van der Waals surface area contributed by atoms with E-state index in [1.165, 1.54) is 0 Å². The van der Waals surface area contributed by atoms with Crippen LogP contribution in [0.2, 0.25) is 0 Å². The van der Waals surface area contributed by atoms with Gasteiger partial charge in [0.05, 0.1) is 11.0 Å². The molecule has 0 aliphatic rings. The standard InChI is InChI=1S/C14H14N4/c1-18-13-6-5-10(9-15)8-12(13)17-14(18)11-4-2-3-7-16-11/h2-8H,9,15H2,1H3. The summed E-state index contributed by atoms with van der Waals surface area (Å²) in [5.41, 5.74) is 9.67. The van der Waals surface area contributed by atoms with Gasteiger partial charge in [-0.15, -0.1) is 0 Å². The van der Waals surface area contributed by atoms with Crippen LogP contribution in [-0.2, 0) is 13.6 Å². The van der Waals surface area contributed by atoms with E-state index in [2.05, 4.69) is 20.6 Å². The Hall–Kier alpha value is -2.20. The molecule has 3 aromatic rings. The highest BCUT2D eigenvalue weighted by Crippen LogP contribution is 2.22. The molecule has 0 amide bonds. The second-order valence-electron chi connectivity index (χ2n) is 4.24. The summed E-state index contributed by atoms with van der Waals surface area (Å²) in [6.45, 7) is 0.533. The van der Waals surface area contributed by atoms with Crippen LogP contribution in [0.3, 0.4) is 0 Å². The van der Waals surface area contributed by atoms with Crippen LogP contribution in [-0.4, -0.2) is 14.5 Å². The molecule has 0 unspecified atom stereocenters. The van der Waals surface area contributed by atoms with Crippen LogP contribution in [0.15, 0.2) is 42.6 Å². The van der Waals surface area contributed by atoms with Gasteiger partial charge in [-0.25, -0.2) is 4.98 Å². The molecule has 0 spiro atoms. The van der Waals surface area contributed by atoms with E-state index in [9.17, 15) is 0 Å². The predicted octanol–water partition coefficient (Wildman–Crippen LogP) is 2.09. The summed E-state index contributed by atoms with van der Waals surface area (Å²) in [5, 5.41) is 0. The fraction of sp³-hybridized carbons (Fsp3) is 0.143. The Kier molecular flexibility index (Phi) is 2.57. The highest BCUT2D eigenvalue weighted by molar-refractivity contribution is 5.80. The third-order valence-electron chi connectivity index (χ3n) is 3.07. The summed E-state index contributed by atoms with van der Waals surface area (Å²) in [6, 6.07) is 11.9. The summed E-state index contributed by atoms with van der Waals surface area (Å²) in [4.78, 5) is 8.98. The minimum Gasteiger partial charge on any atom is -0.326 e. The molecule has 2 heterocycles. The number of benzene rings is 1. The van der Waals surface area contributed by atoms with Crippen LogP contribution >= 0.6 is 0 Å². The first kappa shape index (κ1) is 10.9. The second-order valence-corrected chi connectivity index (χ2v) is 4.24. The molecule has 0 bridgehead atoms. The maximum absolute atomic E-state index is 5.65. The molecule has 4 nitrogen and oxygen atoms in total. The number of imidazole rings is 1. The summed E-state index contributed by atoms with van der Waals surface area (Å²) in [7, 11) is 2.00. The fourth-order valence-corrected chi connectivity index (χ4v) is 2.10. The van der Waals surface area contributed by atoms with Gasteiger partial charge in [-0.3, -0.25) is 4.98 Å². The third-order valence-corrected chi connectivity index (χ3v) is 3.07. The Morgan fingerprint density at radius 2 is 2.11 bits per heavy atom. The molecule has 2 aromatic heterocycles. The number of aromatic nitrogens is 3. The van der Waals surface area contributed by atoms with Gasteiger partial charge in [-0.2, -0.15) is 0 Å². The molecule has 2 N–H and O–H groups in total. The van der Waals surface area contributed by atoms with Crippen LogP contribution in [0.1, 0.15) is 5.56 Å². The molecule has 90 valence electrons. The molecule has 0 saturated heterocycles. The number of hydrogen-bond acceptors (Lipinski definition) is 3. The highest BCUT2D eigenvalue weighted by Gasteiger charge is 2.10. The van der Waals surface area contributed by atoms with Gasteiger partial charge < -0.3 is 10.3 Å². The first-order chi connectivity index (χ1) is 8.79. The molecule has 0 saturated carbocycles. The lowest BCUT2D eigenvalue weighted by Gasteiger charge is -2.01. The fourth-order valence-electron chi connectivity index (χ4n) is 2.10. The van der Waals surface area contributed by atoms with Gasteiger partial charge in [0.25, 0.3) is 0 Å². The maximum atomic E-state index is 5.65. The van der Waals surface area contributed by atoms with E-state index in [0.29, 0.717) is 6.54 Å². The smallest absolute Gasteiger partial charge is 0.159 e. The maximum Gasteiger partial charge on any atom is 0.159 e. The molecule has 18 heavy (non-hydrogen) atoms. The monoisotopic (exact) mass is 238 g/mol. The molecule has 1 aromatic carbocycles. The van der Waals surface area contributed by atoms with E-state index in [1.54, 1.807) is 6.20 Å². The number of rotatable bonds is 2. The number of aryl methyl sites for hydroxylation is 1. The molecule has 4 heteroatoms. The molecule has 3 rings (SSSR count). The van der Waals surface area contributed by atoms with Gasteiger partial charge in [-0.05, 0) is 29.8 Å². The lowest BCUT2D eigenvalue weighted by molar-refractivity contribution is 0.950. The normalized spacial score (nSPS) is 11.0. The average Bonchev–Trinajstić information content (AvgIpc) is 2.76. The summed E-state index contributed by atoms with van der Waals surface area (Å²) in [6.07, 6.45) is 1.78. The van der Waals surface area contributed by atoms with Crippen LogP contribution in [0.4, 0.5) is 0 Å². The first-order valence-electron chi connectivity index (χ1n) is 5.86. The number of hydrogen-bond donors (Lipinski definition) is 1. The van der Waals surface area contributed by atoms with Crippen LogP contribution in [0.25, 0.3) is 22.6 Å². The summed E-state index contributed by atoms with van der Waals surface area (Å²) < 4.78 is 2.05. The van der Waals surface area contributed by atoms with Crippen LogP contribution in [0.5, 0.6) is 0 Å². The quantitative estimate of drug-likeness (QED) is 0.743. The van der Waals surface area contributed by atoms with Crippen molar-refractivity contribution in [3.8, 4) is 11.5 Å². The van der Waals surface area contributed by atoms with E-state index < -0.39 is 0 Å². The predicted molar refractivity (Wildman–Crippen MR) is 71.8 cm³/mol. The van der Waals surface area contributed by atoms with Gasteiger partial charge in [-0.1, -0.05) is 12.1 Å². The Labute approximate surface area is 105 Å². The first-order valence-corrected chi connectivity index (χ1v) is 5.86. The molecule has 0 aliphatic carbocycles. The SMILES string of the molecule is Cn1c(-c2ccccn2)nc2cc(CN)ccc21. The van der Waals surface area contributed by atoms with Crippen molar-refractivity contribution in [2.75, 3.05) is 0 Å². The topological polar surface area (TPSA) is 56.7 Å². The van der Waals surface area contributed by atoms with Crippen LogP contribution < -0.4 is 5.73 Å². The van der Waals surface area contributed by atoms with Crippen molar-refractivity contribution in [3.63, 3.8) is 0 Å². The highest BCUT2D eigenvalue weighted by atomic mass is 15.1. The number of nitrogens with zero attached hydrogens (tertiary/aromatic N) is 3. The van der Waals surface area contributed by atoms with Gasteiger partial charge in [0.1, 0.15) is 5.69 Å². The van der Waals surface area contributed by atoms with Crippen molar-refractivity contribution < 1.29 is 0 Å². The van der Waals surface area contributed by atoms with Crippen molar-refractivity contribution in [1.82, 2.24) is 14.5 Å². The number of nitrogens with two attached hydrogens (primary N) is 1. The molecule has 0 atom stereocenters. The molecular formula is C14H14N4. The molecule has 0 aliphatic heterocycles. The minimum absolute atomic E-state index is 0.533. The minimum atomic E-state index is 0.533. The number of pyridine rings is 1. The Balaban J connectivity index is 2.23. The van der Waals surface area contributed by atoms with E-state index in [0.717, 1.165) is 28.1 Å². The molecular weight excluding hydrogens is 224 g/mol. The Morgan fingerprint density at radius 1 is 1.22 bits per heavy atom. The Morgan fingerprint density at radius 3 is 2.83 bits per heavy atom. The molecule has 0 radical (unpaired) electrons. The van der Waals surface area contributed by atoms with Gasteiger partial charge >= 0.3 is 0 Å². The zero-order valence-corrected chi connectivity index (χ0v) is 10.2. The zero-order chi connectivity index (χ0) is 12.5.